The lowest BCUT2D eigenvalue weighted by Gasteiger charge is -2.36. The summed E-state index contributed by atoms with van der Waals surface area (Å²) in [5.41, 5.74) is 6.62. The summed E-state index contributed by atoms with van der Waals surface area (Å²) in [4.78, 5) is 14.2. The van der Waals surface area contributed by atoms with Gasteiger partial charge in [-0.15, -0.1) is 0 Å². The number of carbonyl (C=O) groups is 1. The molecular formula is C15H22N2O3. The zero-order chi connectivity index (χ0) is 14.5. The van der Waals surface area contributed by atoms with Crippen LogP contribution in [-0.2, 0) is 16.0 Å². The van der Waals surface area contributed by atoms with Crippen LogP contribution in [0.1, 0.15) is 12.5 Å². The van der Waals surface area contributed by atoms with Crippen molar-refractivity contribution in [3.8, 4) is 5.75 Å². The SMILES string of the molecule is COc1ccc(CC(=O)N2CC(C)OC(CN)C2)cc1. The fraction of sp³-hybridized carbons (Fsp3) is 0.533. The maximum Gasteiger partial charge on any atom is 0.227 e. The largest absolute Gasteiger partial charge is 0.497 e. The summed E-state index contributed by atoms with van der Waals surface area (Å²) in [6.45, 7) is 3.62. The third kappa shape index (κ3) is 3.71. The van der Waals surface area contributed by atoms with Crippen molar-refractivity contribution in [3.05, 3.63) is 29.8 Å². The Hall–Kier alpha value is -1.59. The highest BCUT2D eigenvalue weighted by molar-refractivity contribution is 5.79. The average Bonchev–Trinajstić information content (AvgIpc) is 2.47. The molecule has 5 nitrogen and oxygen atoms in total. The molecule has 110 valence electrons. The highest BCUT2D eigenvalue weighted by atomic mass is 16.5. The van der Waals surface area contributed by atoms with E-state index in [0.717, 1.165) is 11.3 Å². The second-order valence-corrected chi connectivity index (χ2v) is 5.13. The molecule has 0 aliphatic carbocycles. The quantitative estimate of drug-likeness (QED) is 0.885. The summed E-state index contributed by atoms with van der Waals surface area (Å²) in [7, 11) is 1.63. The normalized spacial score (nSPS) is 22.6. The molecule has 2 N–H and O–H groups in total. The van der Waals surface area contributed by atoms with Crippen LogP contribution in [0, 0.1) is 0 Å². The second kappa shape index (κ2) is 6.72. The molecular weight excluding hydrogens is 256 g/mol. The van der Waals surface area contributed by atoms with E-state index in [-0.39, 0.29) is 18.1 Å². The van der Waals surface area contributed by atoms with E-state index in [1.54, 1.807) is 7.11 Å². The van der Waals surface area contributed by atoms with Crippen LogP contribution in [0.4, 0.5) is 0 Å². The zero-order valence-electron chi connectivity index (χ0n) is 12.0. The minimum absolute atomic E-state index is 0.0390. The number of methoxy groups -OCH3 is 1. The van der Waals surface area contributed by atoms with Gasteiger partial charge in [0.05, 0.1) is 25.7 Å². The molecule has 1 aliphatic rings. The molecule has 1 heterocycles. The highest BCUT2D eigenvalue weighted by Gasteiger charge is 2.27. The third-order valence-electron chi connectivity index (χ3n) is 3.46. The van der Waals surface area contributed by atoms with E-state index in [1.807, 2.05) is 36.1 Å². The van der Waals surface area contributed by atoms with Gasteiger partial charge in [0.1, 0.15) is 5.75 Å². The number of carbonyl (C=O) groups excluding carboxylic acids is 1. The van der Waals surface area contributed by atoms with Crippen LogP contribution in [0.25, 0.3) is 0 Å². The monoisotopic (exact) mass is 278 g/mol. The Bertz CT molecular complexity index is 447. The van der Waals surface area contributed by atoms with E-state index in [9.17, 15) is 4.79 Å². The molecule has 1 saturated heterocycles. The Morgan fingerprint density at radius 3 is 2.70 bits per heavy atom. The molecule has 2 unspecified atom stereocenters. The lowest BCUT2D eigenvalue weighted by molar-refractivity contribution is -0.142. The summed E-state index contributed by atoms with van der Waals surface area (Å²) in [5.74, 6) is 0.910. The maximum absolute atomic E-state index is 12.3. The number of hydrogen-bond acceptors (Lipinski definition) is 4. The van der Waals surface area contributed by atoms with Gasteiger partial charge in [-0.05, 0) is 24.6 Å². The van der Waals surface area contributed by atoms with Gasteiger partial charge >= 0.3 is 0 Å². The van der Waals surface area contributed by atoms with Crippen molar-refractivity contribution in [1.82, 2.24) is 4.90 Å². The Kier molecular flexibility index (Phi) is 4.98. The molecule has 5 heteroatoms. The van der Waals surface area contributed by atoms with E-state index < -0.39 is 0 Å². The molecule has 0 bridgehead atoms. The van der Waals surface area contributed by atoms with Gasteiger partial charge in [0.2, 0.25) is 5.91 Å². The minimum Gasteiger partial charge on any atom is -0.497 e. The van der Waals surface area contributed by atoms with Crippen molar-refractivity contribution in [2.75, 3.05) is 26.7 Å². The van der Waals surface area contributed by atoms with Crippen LogP contribution < -0.4 is 10.5 Å². The number of benzene rings is 1. The van der Waals surface area contributed by atoms with Crippen LogP contribution in [0.15, 0.2) is 24.3 Å². The molecule has 0 spiro atoms. The Morgan fingerprint density at radius 2 is 2.10 bits per heavy atom. The van der Waals surface area contributed by atoms with Crippen LogP contribution >= 0.6 is 0 Å². The van der Waals surface area contributed by atoms with Gasteiger partial charge in [-0.3, -0.25) is 4.79 Å². The summed E-state index contributed by atoms with van der Waals surface area (Å²) in [6.07, 6.45) is 0.379. The summed E-state index contributed by atoms with van der Waals surface area (Å²) >= 11 is 0. The first-order chi connectivity index (χ1) is 9.62. The molecule has 0 aromatic heterocycles. The van der Waals surface area contributed by atoms with E-state index in [1.165, 1.54) is 0 Å². The first kappa shape index (κ1) is 14.8. The van der Waals surface area contributed by atoms with Gasteiger partial charge in [-0.1, -0.05) is 12.1 Å². The molecule has 1 aromatic carbocycles. The Balaban J connectivity index is 1.96. The lowest BCUT2D eigenvalue weighted by Crippen LogP contribution is -2.51. The van der Waals surface area contributed by atoms with Crippen molar-refractivity contribution in [2.45, 2.75) is 25.6 Å². The molecule has 1 aliphatic heterocycles. The number of nitrogens with two attached hydrogens (primary N) is 1. The van der Waals surface area contributed by atoms with Crippen LogP contribution in [0.3, 0.4) is 0 Å². The van der Waals surface area contributed by atoms with Crippen molar-refractivity contribution in [1.29, 1.82) is 0 Å². The van der Waals surface area contributed by atoms with E-state index in [2.05, 4.69) is 0 Å². The first-order valence-corrected chi connectivity index (χ1v) is 6.88. The molecule has 1 fully saturated rings. The Labute approximate surface area is 119 Å². The van der Waals surface area contributed by atoms with E-state index in [0.29, 0.717) is 26.1 Å². The van der Waals surface area contributed by atoms with Crippen LogP contribution in [0.5, 0.6) is 5.75 Å². The van der Waals surface area contributed by atoms with E-state index in [4.69, 9.17) is 15.2 Å². The van der Waals surface area contributed by atoms with Gasteiger partial charge in [-0.25, -0.2) is 0 Å². The number of amides is 1. The number of rotatable bonds is 4. The van der Waals surface area contributed by atoms with Crippen molar-refractivity contribution in [2.24, 2.45) is 5.73 Å². The van der Waals surface area contributed by atoms with Crippen molar-refractivity contribution in [3.63, 3.8) is 0 Å². The summed E-state index contributed by atoms with van der Waals surface area (Å²) < 4.78 is 10.8. The standard InChI is InChI=1S/C15H22N2O3/c1-11-9-17(10-14(8-16)20-11)15(18)7-12-3-5-13(19-2)6-4-12/h3-6,11,14H,7-10,16H2,1-2H3. The zero-order valence-corrected chi connectivity index (χ0v) is 12.0. The number of nitrogens with zero attached hydrogens (tertiary/aromatic N) is 1. The van der Waals surface area contributed by atoms with Gasteiger partial charge < -0.3 is 20.1 Å². The predicted molar refractivity (Wildman–Crippen MR) is 76.7 cm³/mol. The fourth-order valence-corrected chi connectivity index (χ4v) is 2.41. The molecule has 2 atom stereocenters. The molecule has 1 aromatic rings. The highest BCUT2D eigenvalue weighted by Crippen LogP contribution is 2.15. The van der Waals surface area contributed by atoms with Gasteiger partial charge in [0.25, 0.3) is 0 Å². The third-order valence-corrected chi connectivity index (χ3v) is 3.46. The molecule has 1 amide bonds. The smallest absolute Gasteiger partial charge is 0.227 e. The fourth-order valence-electron chi connectivity index (χ4n) is 2.41. The van der Waals surface area contributed by atoms with Gasteiger partial charge in [0.15, 0.2) is 0 Å². The van der Waals surface area contributed by atoms with Crippen molar-refractivity contribution < 1.29 is 14.3 Å². The lowest BCUT2D eigenvalue weighted by atomic mass is 10.1. The molecule has 0 saturated carbocycles. The van der Waals surface area contributed by atoms with Gasteiger partial charge in [0, 0.05) is 19.6 Å². The summed E-state index contributed by atoms with van der Waals surface area (Å²) in [6, 6.07) is 7.57. The molecule has 0 radical (unpaired) electrons. The van der Waals surface area contributed by atoms with E-state index >= 15 is 0 Å². The summed E-state index contributed by atoms with van der Waals surface area (Å²) in [5, 5.41) is 0. The Morgan fingerprint density at radius 1 is 1.40 bits per heavy atom. The average molecular weight is 278 g/mol. The molecule has 20 heavy (non-hydrogen) atoms. The first-order valence-electron chi connectivity index (χ1n) is 6.88. The molecule has 2 rings (SSSR count). The number of hydrogen-bond donors (Lipinski definition) is 1. The second-order valence-electron chi connectivity index (χ2n) is 5.13. The maximum atomic E-state index is 12.3. The predicted octanol–water partition coefficient (Wildman–Crippen LogP) is 0.812. The minimum atomic E-state index is -0.0569. The topological polar surface area (TPSA) is 64.8 Å². The van der Waals surface area contributed by atoms with Gasteiger partial charge in [-0.2, -0.15) is 0 Å². The number of morpholine rings is 1. The van der Waals surface area contributed by atoms with Crippen molar-refractivity contribution >= 4 is 5.91 Å². The van der Waals surface area contributed by atoms with Crippen LogP contribution in [-0.4, -0.2) is 49.8 Å². The number of ether oxygens (including phenoxy) is 2. The van der Waals surface area contributed by atoms with Crippen LogP contribution in [0.2, 0.25) is 0 Å².